The SMILES string of the molecule is CCCCOc1ccc(C2C(C(C)=O)=C(C)Nc3nc(SCCC)nn32)cc1OCC. The summed E-state index contributed by atoms with van der Waals surface area (Å²) in [5.74, 6) is 2.99. The topological polar surface area (TPSA) is 78.3 Å². The molecule has 0 spiro atoms. The third-order valence-corrected chi connectivity index (χ3v) is 6.03. The van der Waals surface area contributed by atoms with Gasteiger partial charge in [0.15, 0.2) is 17.3 Å². The number of unbranched alkanes of at least 4 members (excludes halogenated alkanes) is 1. The zero-order valence-electron chi connectivity index (χ0n) is 19.0. The third kappa shape index (κ3) is 5.23. The van der Waals surface area contributed by atoms with E-state index in [1.54, 1.807) is 18.7 Å². The van der Waals surface area contributed by atoms with Crippen molar-refractivity contribution < 1.29 is 14.3 Å². The van der Waals surface area contributed by atoms with Crippen LogP contribution in [-0.2, 0) is 4.79 Å². The molecule has 168 valence electrons. The number of ketones is 1. The van der Waals surface area contributed by atoms with Crippen LogP contribution in [0.25, 0.3) is 0 Å². The molecule has 0 amide bonds. The fourth-order valence-corrected chi connectivity index (χ4v) is 4.24. The first-order chi connectivity index (χ1) is 15.0. The number of carbonyl (C=O) groups excluding carboxylic acids is 1. The van der Waals surface area contributed by atoms with Crippen LogP contribution >= 0.6 is 11.8 Å². The molecular weight excluding hydrogens is 412 g/mol. The predicted molar refractivity (Wildman–Crippen MR) is 124 cm³/mol. The van der Waals surface area contributed by atoms with Crippen molar-refractivity contribution in [3.63, 3.8) is 0 Å². The van der Waals surface area contributed by atoms with E-state index in [1.165, 1.54) is 0 Å². The highest BCUT2D eigenvalue weighted by Crippen LogP contribution is 2.39. The second-order valence-electron chi connectivity index (χ2n) is 7.47. The Bertz CT molecular complexity index is 954. The van der Waals surface area contributed by atoms with Gasteiger partial charge in [0.2, 0.25) is 11.1 Å². The molecule has 0 fully saturated rings. The molecule has 31 heavy (non-hydrogen) atoms. The molecule has 1 atom stereocenters. The summed E-state index contributed by atoms with van der Waals surface area (Å²) >= 11 is 1.62. The second kappa shape index (κ2) is 10.7. The number of fused-ring (bicyclic) bond motifs is 1. The van der Waals surface area contributed by atoms with E-state index in [0.29, 0.717) is 35.6 Å². The fourth-order valence-electron chi connectivity index (χ4n) is 3.56. The van der Waals surface area contributed by atoms with Crippen LogP contribution in [0.2, 0.25) is 0 Å². The zero-order valence-corrected chi connectivity index (χ0v) is 19.8. The minimum Gasteiger partial charge on any atom is -0.490 e. The number of hydrogen-bond donors (Lipinski definition) is 1. The molecule has 1 aromatic carbocycles. The highest BCUT2D eigenvalue weighted by Gasteiger charge is 2.33. The Hall–Kier alpha value is -2.48. The van der Waals surface area contributed by atoms with Gasteiger partial charge in [-0.25, -0.2) is 4.68 Å². The summed E-state index contributed by atoms with van der Waals surface area (Å²) in [6, 6.07) is 5.50. The maximum atomic E-state index is 12.6. The smallest absolute Gasteiger partial charge is 0.227 e. The van der Waals surface area contributed by atoms with Crippen LogP contribution in [0.1, 0.15) is 65.5 Å². The Morgan fingerprint density at radius 3 is 2.68 bits per heavy atom. The number of allylic oxidation sites excluding steroid dienone is 2. The molecular formula is C23H32N4O3S. The maximum absolute atomic E-state index is 12.6. The van der Waals surface area contributed by atoms with Crippen molar-refractivity contribution >= 4 is 23.5 Å². The number of rotatable bonds is 11. The molecule has 8 heteroatoms. The number of ether oxygens (including phenoxy) is 2. The Morgan fingerprint density at radius 2 is 2.00 bits per heavy atom. The van der Waals surface area contributed by atoms with E-state index in [9.17, 15) is 4.79 Å². The summed E-state index contributed by atoms with van der Waals surface area (Å²) in [6.45, 7) is 10.9. The number of hydrogen-bond acceptors (Lipinski definition) is 7. The molecule has 0 saturated heterocycles. The van der Waals surface area contributed by atoms with Gasteiger partial charge in [-0.2, -0.15) is 4.98 Å². The molecule has 1 N–H and O–H groups in total. The number of anilines is 1. The first-order valence-corrected chi connectivity index (χ1v) is 12.0. The number of Topliss-reactive ketones (excluding diaryl/α,β-unsaturated/α-hetero) is 1. The highest BCUT2D eigenvalue weighted by atomic mass is 32.2. The minimum atomic E-state index is -0.374. The Balaban J connectivity index is 2.04. The molecule has 3 rings (SSSR count). The maximum Gasteiger partial charge on any atom is 0.227 e. The number of benzene rings is 1. The molecule has 1 aliphatic heterocycles. The van der Waals surface area contributed by atoms with Crippen molar-refractivity contribution in [2.75, 3.05) is 24.3 Å². The van der Waals surface area contributed by atoms with Crippen LogP contribution in [0.3, 0.4) is 0 Å². The van der Waals surface area contributed by atoms with E-state index in [1.807, 2.05) is 36.7 Å². The lowest BCUT2D eigenvalue weighted by molar-refractivity contribution is -0.114. The molecule has 1 aromatic heterocycles. The van der Waals surface area contributed by atoms with Crippen molar-refractivity contribution in [2.45, 2.75) is 65.1 Å². The lowest BCUT2D eigenvalue weighted by atomic mass is 9.93. The van der Waals surface area contributed by atoms with Crippen molar-refractivity contribution in [1.29, 1.82) is 0 Å². The van der Waals surface area contributed by atoms with Crippen molar-refractivity contribution in [1.82, 2.24) is 14.8 Å². The van der Waals surface area contributed by atoms with E-state index in [4.69, 9.17) is 14.6 Å². The van der Waals surface area contributed by atoms with Gasteiger partial charge in [0.25, 0.3) is 0 Å². The molecule has 2 heterocycles. The van der Waals surface area contributed by atoms with E-state index in [0.717, 1.165) is 42.0 Å². The molecule has 7 nitrogen and oxygen atoms in total. The van der Waals surface area contributed by atoms with Gasteiger partial charge in [-0.3, -0.25) is 4.79 Å². The Kier molecular flexibility index (Phi) is 8.01. The van der Waals surface area contributed by atoms with Gasteiger partial charge in [0.05, 0.1) is 13.2 Å². The first-order valence-electron chi connectivity index (χ1n) is 11.0. The molecule has 1 aliphatic rings. The van der Waals surface area contributed by atoms with Crippen molar-refractivity contribution in [3.8, 4) is 11.5 Å². The summed E-state index contributed by atoms with van der Waals surface area (Å²) in [4.78, 5) is 17.2. The van der Waals surface area contributed by atoms with E-state index in [-0.39, 0.29) is 11.8 Å². The normalized spacial score (nSPS) is 15.5. The third-order valence-electron chi connectivity index (χ3n) is 4.99. The molecule has 0 aliphatic carbocycles. The summed E-state index contributed by atoms with van der Waals surface area (Å²) in [6.07, 6.45) is 3.09. The summed E-state index contributed by atoms with van der Waals surface area (Å²) in [7, 11) is 0. The van der Waals surface area contributed by atoms with Crippen LogP contribution in [0.15, 0.2) is 34.6 Å². The highest BCUT2D eigenvalue weighted by molar-refractivity contribution is 7.99. The number of carbonyl (C=O) groups is 1. The summed E-state index contributed by atoms with van der Waals surface area (Å²) < 4.78 is 13.6. The van der Waals surface area contributed by atoms with E-state index in [2.05, 4.69) is 24.1 Å². The first kappa shape index (κ1) is 23.2. The molecule has 0 saturated carbocycles. The lowest BCUT2D eigenvalue weighted by Gasteiger charge is -2.28. The molecule has 1 unspecified atom stereocenters. The average Bonchev–Trinajstić information content (AvgIpc) is 3.14. The summed E-state index contributed by atoms with van der Waals surface area (Å²) in [5, 5.41) is 8.68. The fraction of sp³-hybridized carbons (Fsp3) is 0.522. The van der Waals surface area contributed by atoms with Crippen LogP contribution in [0, 0.1) is 0 Å². The van der Waals surface area contributed by atoms with E-state index >= 15 is 0 Å². The largest absolute Gasteiger partial charge is 0.490 e. The Labute approximate surface area is 188 Å². The van der Waals surface area contributed by atoms with Crippen LogP contribution in [-0.4, -0.2) is 39.5 Å². The van der Waals surface area contributed by atoms with Gasteiger partial charge in [-0.15, -0.1) is 5.10 Å². The number of nitrogens with one attached hydrogen (secondary N) is 1. The van der Waals surface area contributed by atoms with Gasteiger partial charge in [-0.05, 0) is 51.3 Å². The molecule has 0 bridgehead atoms. The van der Waals surface area contributed by atoms with Gasteiger partial charge in [-0.1, -0.05) is 38.1 Å². The summed E-state index contributed by atoms with van der Waals surface area (Å²) in [5.41, 5.74) is 2.38. The predicted octanol–water partition coefficient (Wildman–Crippen LogP) is 5.24. The standard InChI is InChI=1S/C23H32N4O3S/c1-6-9-12-30-18-11-10-17(14-19(18)29-8-3)21-20(16(5)28)15(4)24-22-25-23(26-27(21)22)31-13-7-2/h10-11,14,21H,6-9,12-13H2,1-5H3,(H,24,25,26). The zero-order chi connectivity index (χ0) is 22.4. The van der Waals surface area contributed by atoms with Crippen molar-refractivity contribution in [3.05, 3.63) is 35.0 Å². The number of thioether (sulfide) groups is 1. The van der Waals surface area contributed by atoms with Crippen LogP contribution in [0.5, 0.6) is 11.5 Å². The number of aromatic nitrogens is 3. The van der Waals surface area contributed by atoms with Gasteiger partial charge in [0.1, 0.15) is 6.04 Å². The quantitative estimate of drug-likeness (QED) is 0.375. The second-order valence-corrected chi connectivity index (χ2v) is 8.54. The lowest BCUT2D eigenvalue weighted by Crippen LogP contribution is -2.27. The van der Waals surface area contributed by atoms with Gasteiger partial charge >= 0.3 is 0 Å². The number of nitrogens with zero attached hydrogens (tertiary/aromatic N) is 3. The van der Waals surface area contributed by atoms with E-state index < -0.39 is 0 Å². The molecule has 0 radical (unpaired) electrons. The molecule has 2 aromatic rings. The van der Waals surface area contributed by atoms with Crippen LogP contribution in [0.4, 0.5) is 5.95 Å². The Morgan fingerprint density at radius 1 is 1.19 bits per heavy atom. The minimum absolute atomic E-state index is 0.000133. The van der Waals surface area contributed by atoms with Crippen molar-refractivity contribution in [2.24, 2.45) is 0 Å². The van der Waals surface area contributed by atoms with Crippen LogP contribution < -0.4 is 14.8 Å². The van der Waals surface area contributed by atoms with Gasteiger partial charge < -0.3 is 14.8 Å². The van der Waals surface area contributed by atoms with Gasteiger partial charge in [0, 0.05) is 17.0 Å². The average molecular weight is 445 g/mol. The monoisotopic (exact) mass is 444 g/mol.